The predicted octanol–water partition coefficient (Wildman–Crippen LogP) is 2.42. The van der Waals surface area contributed by atoms with Crippen LogP contribution >= 0.6 is 0 Å². The van der Waals surface area contributed by atoms with E-state index in [4.69, 9.17) is 9.51 Å². The molecule has 2 aliphatic heterocycles. The number of carbonyl (C=O) groups is 1. The lowest BCUT2D eigenvalue weighted by molar-refractivity contribution is 0.0694. The number of piperidine rings is 1. The Morgan fingerprint density at radius 1 is 1.37 bits per heavy atom. The fourth-order valence-corrected chi connectivity index (χ4v) is 3.98. The number of aryl methyl sites for hydroxylation is 1. The molecule has 0 radical (unpaired) electrons. The molecule has 0 aliphatic carbocycles. The molecule has 0 aromatic carbocycles. The first-order valence-electron chi connectivity index (χ1n) is 9.92. The van der Waals surface area contributed by atoms with Gasteiger partial charge in [0, 0.05) is 68.5 Å². The largest absolute Gasteiger partial charge is 0.361 e. The van der Waals surface area contributed by atoms with E-state index in [1.807, 2.05) is 11.1 Å². The molecule has 144 valence electrons. The second-order valence-electron chi connectivity index (χ2n) is 7.71. The Kier molecular flexibility index (Phi) is 5.20. The Hall–Kier alpha value is -2.28. The van der Waals surface area contributed by atoms with Crippen molar-refractivity contribution in [3.63, 3.8) is 0 Å². The summed E-state index contributed by atoms with van der Waals surface area (Å²) in [5.41, 5.74) is 2.80. The zero-order valence-electron chi connectivity index (χ0n) is 16.1. The van der Waals surface area contributed by atoms with Gasteiger partial charge < -0.3 is 14.3 Å². The number of rotatable bonds is 4. The Bertz CT molecular complexity index is 818. The number of carbonyl (C=O) groups excluding carboxylic acids is 1. The van der Waals surface area contributed by atoms with Gasteiger partial charge in [-0.05, 0) is 26.3 Å². The molecule has 7 heteroatoms. The summed E-state index contributed by atoms with van der Waals surface area (Å²) >= 11 is 0. The van der Waals surface area contributed by atoms with E-state index in [0.717, 1.165) is 63.3 Å². The first kappa shape index (κ1) is 18.1. The number of fused-ring (bicyclic) bond motifs is 1. The summed E-state index contributed by atoms with van der Waals surface area (Å²) in [7, 11) is 2.12. The van der Waals surface area contributed by atoms with Gasteiger partial charge in [-0.15, -0.1) is 0 Å². The van der Waals surface area contributed by atoms with Gasteiger partial charge in [-0.25, -0.2) is 9.97 Å². The van der Waals surface area contributed by atoms with Gasteiger partial charge in [-0.1, -0.05) is 12.1 Å². The number of aromatic nitrogens is 3. The van der Waals surface area contributed by atoms with Crippen LogP contribution < -0.4 is 0 Å². The molecule has 1 atom stereocenters. The Morgan fingerprint density at radius 2 is 2.26 bits per heavy atom. The van der Waals surface area contributed by atoms with Gasteiger partial charge in [0.15, 0.2) is 5.69 Å². The van der Waals surface area contributed by atoms with Crippen LogP contribution in [0.3, 0.4) is 0 Å². The number of hydrogen-bond acceptors (Lipinski definition) is 6. The van der Waals surface area contributed by atoms with Crippen LogP contribution in [-0.4, -0.2) is 57.5 Å². The number of nitrogens with zero attached hydrogens (tertiary/aromatic N) is 5. The fourth-order valence-electron chi connectivity index (χ4n) is 3.98. The van der Waals surface area contributed by atoms with E-state index in [0.29, 0.717) is 12.2 Å². The lowest BCUT2D eigenvalue weighted by Crippen LogP contribution is -2.40. The van der Waals surface area contributed by atoms with Crippen LogP contribution in [0.15, 0.2) is 16.8 Å². The molecule has 27 heavy (non-hydrogen) atoms. The lowest BCUT2D eigenvalue weighted by Gasteiger charge is -2.32. The molecule has 4 heterocycles. The molecular formula is C20H27N5O2. The molecule has 4 rings (SSSR count). The topological polar surface area (TPSA) is 75.4 Å². The number of hydrogen-bond donors (Lipinski definition) is 0. The van der Waals surface area contributed by atoms with Crippen LogP contribution in [0.1, 0.15) is 65.4 Å². The van der Waals surface area contributed by atoms with E-state index in [1.54, 1.807) is 6.07 Å². The molecule has 0 bridgehead atoms. The first-order chi connectivity index (χ1) is 13.1. The van der Waals surface area contributed by atoms with E-state index in [9.17, 15) is 4.79 Å². The minimum atomic E-state index is -0.0506. The maximum absolute atomic E-state index is 12.8. The van der Waals surface area contributed by atoms with Crippen molar-refractivity contribution in [1.82, 2.24) is 24.9 Å². The minimum Gasteiger partial charge on any atom is -0.361 e. The summed E-state index contributed by atoms with van der Waals surface area (Å²) in [6.45, 7) is 5.42. The van der Waals surface area contributed by atoms with Gasteiger partial charge in [-0.3, -0.25) is 4.79 Å². The fraction of sp³-hybridized carbons (Fsp3) is 0.600. The number of likely N-dealkylation sites (N-methyl/N-ethyl adjacent to an activating group) is 1. The zero-order chi connectivity index (χ0) is 18.8. The molecule has 0 spiro atoms. The minimum absolute atomic E-state index is 0.0506. The van der Waals surface area contributed by atoms with Crippen molar-refractivity contribution in [2.75, 3.05) is 26.7 Å². The molecule has 0 saturated carbocycles. The normalized spacial score (nSPS) is 20.5. The van der Waals surface area contributed by atoms with Crippen molar-refractivity contribution in [1.29, 1.82) is 0 Å². The average molecular weight is 369 g/mol. The second-order valence-corrected chi connectivity index (χ2v) is 7.71. The molecule has 1 saturated heterocycles. The van der Waals surface area contributed by atoms with E-state index in [2.05, 4.69) is 29.0 Å². The summed E-state index contributed by atoms with van der Waals surface area (Å²) in [5, 5.41) is 3.97. The Morgan fingerprint density at radius 3 is 3.11 bits per heavy atom. The van der Waals surface area contributed by atoms with Crippen LogP contribution in [0.25, 0.3) is 0 Å². The Labute approximate surface area is 159 Å². The summed E-state index contributed by atoms with van der Waals surface area (Å²) in [4.78, 5) is 26.5. The third kappa shape index (κ3) is 3.88. The highest BCUT2D eigenvalue weighted by Crippen LogP contribution is 2.27. The highest BCUT2D eigenvalue weighted by atomic mass is 16.5. The quantitative estimate of drug-likeness (QED) is 0.824. The molecule has 0 N–H and O–H groups in total. The smallest absolute Gasteiger partial charge is 0.276 e. The van der Waals surface area contributed by atoms with Gasteiger partial charge in [0.2, 0.25) is 0 Å². The first-order valence-corrected chi connectivity index (χ1v) is 9.92. The van der Waals surface area contributed by atoms with E-state index >= 15 is 0 Å². The van der Waals surface area contributed by atoms with Crippen molar-refractivity contribution in [2.24, 2.45) is 0 Å². The standard InChI is InChI=1S/C20H27N5O2/c1-3-5-16-10-18(23-27-16)20(26)25-8-4-6-14(13-25)19-21-11-15-12-24(2)9-7-17(15)22-19/h10-11,14H,3-9,12-13H2,1-2H3. The molecule has 2 aliphatic rings. The van der Waals surface area contributed by atoms with E-state index in [1.165, 1.54) is 11.3 Å². The van der Waals surface area contributed by atoms with Gasteiger partial charge in [0.25, 0.3) is 5.91 Å². The summed E-state index contributed by atoms with van der Waals surface area (Å²) in [6.07, 6.45) is 6.70. The van der Waals surface area contributed by atoms with Crippen molar-refractivity contribution < 1.29 is 9.32 Å². The maximum Gasteiger partial charge on any atom is 0.276 e. The highest BCUT2D eigenvalue weighted by Gasteiger charge is 2.29. The van der Waals surface area contributed by atoms with Crippen LogP contribution in [0.4, 0.5) is 0 Å². The third-order valence-electron chi connectivity index (χ3n) is 5.49. The summed E-state index contributed by atoms with van der Waals surface area (Å²) in [5.74, 6) is 1.79. The number of amides is 1. The predicted molar refractivity (Wildman–Crippen MR) is 100 cm³/mol. The SMILES string of the molecule is CCCc1cc(C(=O)N2CCCC(c3ncc4c(n3)CCN(C)C4)C2)no1. The van der Waals surface area contributed by atoms with Gasteiger partial charge in [-0.2, -0.15) is 0 Å². The maximum atomic E-state index is 12.8. The molecule has 1 unspecified atom stereocenters. The monoisotopic (exact) mass is 369 g/mol. The molecular weight excluding hydrogens is 342 g/mol. The van der Waals surface area contributed by atoms with E-state index < -0.39 is 0 Å². The Balaban J connectivity index is 1.47. The molecule has 7 nitrogen and oxygen atoms in total. The molecule has 2 aromatic rings. The summed E-state index contributed by atoms with van der Waals surface area (Å²) in [6, 6.07) is 1.78. The average Bonchev–Trinajstić information content (AvgIpc) is 3.16. The van der Waals surface area contributed by atoms with Gasteiger partial charge >= 0.3 is 0 Å². The lowest BCUT2D eigenvalue weighted by atomic mass is 9.96. The van der Waals surface area contributed by atoms with Crippen LogP contribution in [0, 0.1) is 0 Å². The molecule has 2 aromatic heterocycles. The highest BCUT2D eigenvalue weighted by molar-refractivity contribution is 5.92. The zero-order valence-corrected chi connectivity index (χ0v) is 16.1. The van der Waals surface area contributed by atoms with Crippen molar-refractivity contribution in [2.45, 2.75) is 51.5 Å². The molecule has 1 fully saturated rings. The van der Waals surface area contributed by atoms with Crippen LogP contribution in [0.5, 0.6) is 0 Å². The second kappa shape index (κ2) is 7.76. The van der Waals surface area contributed by atoms with Gasteiger partial charge in [0.05, 0.1) is 0 Å². The van der Waals surface area contributed by atoms with Crippen LogP contribution in [0.2, 0.25) is 0 Å². The van der Waals surface area contributed by atoms with Crippen molar-refractivity contribution in [3.05, 3.63) is 40.8 Å². The number of likely N-dealkylation sites (tertiary alicyclic amines) is 1. The van der Waals surface area contributed by atoms with E-state index in [-0.39, 0.29) is 11.8 Å². The van der Waals surface area contributed by atoms with Gasteiger partial charge in [0.1, 0.15) is 11.6 Å². The summed E-state index contributed by atoms with van der Waals surface area (Å²) < 4.78 is 5.27. The van der Waals surface area contributed by atoms with Crippen molar-refractivity contribution >= 4 is 5.91 Å². The molecule has 1 amide bonds. The van der Waals surface area contributed by atoms with Crippen molar-refractivity contribution in [3.8, 4) is 0 Å². The van der Waals surface area contributed by atoms with Crippen LogP contribution in [-0.2, 0) is 19.4 Å². The third-order valence-corrected chi connectivity index (χ3v) is 5.49.